The number of benzene rings is 2. The Bertz CT molecular complexity index is 999. The first-order chi connectivity index (χ1) is 13.7. The minimum absolute atomic E-state index is 0.222. The topological polar surface area (TPSA) is 70.7 Å². The van der Waals surface area contributed by atoms with Crippen molar-refractivity contribution in [1.82, 2.24) is 15.6 Å². The second kappa shape index (κ2) is 8.21. The highest BCUT2D eigenvalue weighted by Crippen LogP contribution is 2.32. The molecular formula is C21H23FN4O2. The minimum Gasteiger partial charge on any atom is -0.454 e. The van der Waals surface area contributed by atoms with Crippen LogP contribution in [0.2, 0.25) is 0 Å². The van der Waals surface area contributed by atoms with Crippen molar-refractivity contribution in [1.29, 1.82) is 0 Å². The van der Waals surface area contributed by atoms with Gasteiger partial charge in [0.15, 0.2) is 17.5 Å². The van der Waals surface area contributed by atoms with Crippen LogP contribution in [0.1, 0.15) is 18.1 Å². The molecule has 0 unspecified atom stereocenters. The number of nitrogens with zero attached hydrogens (tertiary/aromatic N) is 1. The van der Waals surface area contributed by atoms with Crippen LogP contribution in [0.3, 0.4) is 0 Å². The summed E-state index contributed by atoms with van der Waals surface area (Å²) >= 11 is 0. The molecule has 1 aliphatic heterocycles. The molecule has 3 N–H and O–H groups in total. The third-order valence-corrected chi connectivity index (χ3v) is 4.62. The van der Waals surface area contributed by atoms with E-state index in [1.165, 1.54) is 6.07 Å². The summed E-state index contributed by atoms with van der Waals surface area (Å²) in [5.74, 6) is 2.05. The molecular weight excluding hydrogens is 359 g/mol. The summed E-state index contributed by atoms with van der Waals surface area (Å²) in [5.41, 5.74) is 3.07. The monoisotopic (exact) mass is 382 g/mol. The number of fused-ring (bicyclic) bond motifs is 2. The number of aromatic nitrogens is 1. The van der Waals surface area contributed by atoms with Crippen LogP contribution in [0.4, 0.5) is 4.39 Å². The number of aliphatic imine (C=N–C) groups is 1. The lowest BCUT2D eigenvalue weighted by Gasteiger charge is -2.11. The number of guanidine groups is 1. The Kier molecular flexibility index (Phi) is 5.32. The second-order valence-electron chi connectivity index (χ2n) is 6.56. The Balaban J connectivity index is 1.37. The van der Waals surface area contributed by atoms with E-state index in [4.69, 9.17) is 9.47 Å². The number of ether oxygens (including phenoxy) is 2. The first-order valence-corrected chi connectivity index (χ1v) is 9.39. The van der Waals surface area contributed by atoms with Crippen molar-refractivity contribution in [3.63, 3.8) is 0 Å². The van der Waals surface area contributed by atoms with Gasteiger partial charge in [0.05, 0.1) is 6.54 Å². The normalized spacial score (nSPS) is 13.1. The second-order valence-corrected chi connectivity index (χ2v) is 6.56. The van der Waals surface area contributed by atoms with Crippen LogP contribution in [0, 0.1) is 5.82 Å². The lowest BCUT2D eigenvalue weighted by atomic mass is 10.1. The largest absolute Gasteiger partial charge is 0.454 e. The predicted octanol–water partition coefficient (Wildman–Crippen LogP) is 3.33. The third kappa shape index (κ3) is 4.03. The van der Waals surface area contributed by atoms with Crippen molar-refractivity contribution in [2.45, 2.75) is 19.9 Å². The molecule has 2 aromatic carbocycles. The van der Waals surface area contributed by atoms with Gasteiger partial charge in [-0.2, -0.15) is 0 Å². The summed E-state index contributed by atoms with van der Waals surface area (Å²) < 4.78 is 24.3. The van der Waals surface area contributed by atoms with Crippen molar-refractivity contribution in [3.8, 4) is 11.5 Å². The Hall–Kier alpha value is -3.22. The van der Waals surface area contributed by atoms with Crippen LogP contribution in [0.15, 0.2) is 47.6 Å². The van der Waals surface area contributed by atoms with Gasteiger partial charge in [-0.25, -0.2) is 9.38 Å². The Morgan fingerprint density at radius 1 is 1.14 bits per heavy atom. The summed E-state index contributed by atoms with van der Waals surface area (Å²) in [7, 11) is 0. The van der Waals surface area contributed by atoms with Gasteiger partial charge in [-0.1, -0.05) is 6.07 Å². The first-order valence-electron chi connectivity index (χ1n) is 9.39. The van der Waals surface area contributed by atoms with E-state index in [1.807, 2.05) is 31.3 Å². The summed E-state index contributed by atoms with van der Waals surface area (Å²) in [6.45, 7) is 4.29. The zero-order chi connectivity index (χ0) is 19.3. The third-order valence-electron chi connectivity index (χ3n) is 4.62. The molecule has 3 aromatic rings. The van der Waals surface area contributed by atoms with Gasteiger partial charge in [-0.3, -0.25) is 0 Å². The zero-order valence-electron chi connectivity index (χ0n) is 15.7. The van der Waals surface area contributed by atoms with E-state index in [0.717, 1.165) is 52.5 Å². The molecule has 0 saturated heterocycles. The standard InChI is InChI=1S/C21H23FN4O2/c1-2-23-21(26-11-14-3-6-19-20(9-14)28-13-27-19)24-8-7-15-12-25-18-5-4-16(22)10-17(15)18/h3-6,9-10,12,25H,2,7-8,11,13H2,1H3,(H2,23,24,26). The van der Waals surface area contributed by atoms with Crippen LogP contribution in [0.25, 0.3) is 10.9 Å². The molecule has 1 aromatic heterocycles. The van der Waals surface area contributed by atoms with Crippen LogP contribution in [0.5, 0.6) is 11.5 Å². The maximum Gasteiger partial charge on any atom is 0.231 e. The molecule has 0 aliphatic carbocycles. The van der Waals surface area contributed by atoms with Crippen molar-refractivity contribution in [3.05, 3.63) is 59.5 Å². The maximum absolute atomic E-state index is 13.5. The summed E-state index contributed by atoms with van der Waals surface area (Å²) in [6, 6.07) is 10.6. The molecule has 0 atom stereocenters. The van der Waals surface area contributed by atoms with Gasteiger partial charge in [0.2, 0.25) is 6.79 Å². The van der Waals surface area contributed by atoms with Crippen molar-refractivity contribution >= 4 is 16.9 Å². The van der Waals surface area contributed by atoms with Crippen molar-refractivity contribution < 1.29 is 13.9 Å². The number of hydrogen-bond acceptors (Lipinski definition) is 3. The number of rotatable bonds is 6. The van der Waals surface area contributed by atoms with Gasteiger partial charge in [0, 0.05) is 30.2 Å². The number of hydrogen-bond donors (Lipinski definition) is 3. The molecule has 2 heterocycles. The smallest absolute Gasteiger partial charge is 0.231 e. The fourth-order valence-electron chi connectivity index (χ4n) is 3.22. The summed E-state index contributed by atoms with van der Waals surface area (Å²) in [4.78, 5) is 7.82. The van der Waals surface area contributed by atoms with Crippen LogP contribution in [-0.4, -0.2) is 30.8 Å². The molecule has 6 nitrogen and oxygen atoms in total. The van der Waals surface area contributed by atoms with E-state index in [0.29, 0.717) is 13.1 Å². The molecule has 0 saturated carbocycles. The maximum atomic E-state index is 13.5. The molecule has 0 bridgehead atoms. The van der Waals surface area contributed by atoms with Gasteiger partial charge in [-0.05, 0) is 54.8 Å². The highest BCUT2D eigenvalue weighted by molar-refractivity contribution is 5.83. The van der Waals surface area contributed by atoms with Gasteiger partial charge in [0.1, 0.15) is 5.82 Å². The first kappa shape index (κ1) is 18.2. The summed E-state index contributed by atoms with van der Waals surface area (Å²) in [6.07, 6.45) is 2.69. The molecule has 28 heavy (non-hydrogen) atoms. The van der Waals surface area contributed by atoms with E-state index < -0.39 is 0 Å². The Morgan fingerprint density at radius 2 is 2.04 bits per heavy atom. The van der Waals surface area contributed by atoms with Crippen LogP contribution in [-0.2, 0) is 13.0 Å². The Morgan fingerprint density at radius 3 is 2.93 bits per heavy atom. The predicted molar refractivity (Wildman–Crippen MR) is 107 cm³/mol. The van der Waals surface area contributed by atoms with Gasteiger partial charge in [-0.15, -0.1) is 0 Å². The highest BCUT2D eigenvalue weighted by atomic mass is 19.1. The van der Waals surface area contributed by atoms with E-state index in [1.54, 1.807) is 12.1 Å². The molecule has 7 heteroatoms. The number of H-pyrrole nitrogens is 1. The molecule has 146 valence electrons. The van der Waals surface area contributed by atoms with E-state index in [-0.39, 0.29) is 12.6 Å². The Labute approximate surface area is 162 Å². The van der Waals surface area contributed by atoms with Crippen molar-refractivity contribution in [2.24, 2.45) is 4.99 Å². The number of halogens is 1. The van der Waals surface area contributed by atoms with E-state index in [9.17, 15) is 4.39 Å². The minimum atomic E-state index is -0.222. The van der Waals surface area contributed by atoms with E-state index >= 15 is 0 Å². The van der Waals surface area contributed by atoms with Crippen molar-refractivity contribution in [2.75, 3.05) is 19.9 Å². The zero-order valence-corrected chi connectivity index (χ0v) is 15.7. The van der Waals surface area contributed by atoms with Gasteiger partial charge >= 0.3 is 0 Å². The average Bonchev–Trinajstić information content (AvgIpc) is 3.32. The quantitative estimate of drug-likeness (QED) is 0.452. The van der Waals surface area contributed by atoms with Crippen LogP contribution < -0.4 is 20.1 Å². The lowest BCUT2D eigenvalue weighted by Crippen LogP contribution is -2.38. The lowest BCUT2D eigenvalue weighted by molar-refractivity contribution is 0.174. The van der Waals surface area contributed by atoms with Gasteiger partial charge in [0.25, 0.3) is 0 Å². The molecule has 0 amide bonds. The molecule has 0 spiro atoms. The average molecular weight is 382 g/mol. The van der Waals surface area contributed by atoms with Gasteiger partial charge < -0.3 is 25.1 Å². The summed E-state index contributed by atoms with van der Waals surface area (Å²) in [5, 5.41) is 7.50. The SMILES string of the molecule is CCNC(=NCc1ccc2c(c1)OCO2)NCCc1c[nH]c2ccc(F)cc12. The fourth-order valence-corrected chi connectivity index (χ4v) is 3.22. The highest BCUT2D eigenvalue weighted by Gasteiger charge is 2.13. The molecule has 0 fully saturated rings. The molecule has 4 rings (SSSR count). The molecule has 1 aliphatic rings. The number of nitrogens with one attached hydrogen (secondary N) is 3. The van der Waals surface area contributed by atoms with Crippen LogP contribution >= 0.6 is 0 Å². The van der Waals surface area contributed by atoms with E-state index in [2.05, 4.69) is 20.6 Å². The number of aromatic amines is 1. The molecule has 0 radical (unpaired) electrons. The fraction of sp³-hybridized carbons (Fsp3) is 0.286.